The number of nitrogens with zero attached hydrogens (tertiary/aromatic N) is 2. The standard InChI is InChI=1S/C20H23N3O2S/c1-2-19(25)23(13-18(24)21-16-11-7-4-8-12-16)20-22-17(14-26-20)15-9-5-3-6-10-15/h2-3,5-6,9-10,14,16H,1,4,7-8,11-13H2,(H,21,24). The van der Waals surface area contributed by atoms with Crippen LogP contribution in [0.25, 0.3) is 11.3 Å². The summed E-state index contributed by atoms with van der Waals surface area (Å²) < 4.78 is 0. The summed E-state index contributed by atoms with van der Waals surface area (Å²) in [6.45, 7) is 3.51. The van der Waals surface area contributed by atoms with Crippen molar-refractivity contribution in [3.05, 3.63) is 48.4 Å². The summed E-state index contributed by atoms with van der Waals surface area (Å²) in [6, 6.07) is 9.98. The van der Waals surface area contributed by atoms with E-state index in [0.29, 0.717) is 5.13 Å². The third-order valence-electron chi connectivity index (χ3n) is 4.51. The predicted octanol–water partition coefficient (Wildman–Crippen LogP) is 3.78. The highest BCUT2D eigenvalue weighted by molar-refractivity contribution is 7.14. The van der Waals surface area contributed by atoms with Crippen LogP contribution < -0.4 is 10.2 Å². The molecule has 6 heteroatoms. The second-order valence-electron chi connectivity index (χ2n) is 6.41. The molecule has 1 aromatic carbocycles. The van der Waals surface area contributed by atoms with Crippen LogP contribution in [-0.4, -0.2) is 29.4 Å². The van der Waals surface area contributed by atoms with Crippen molar-refractivity contribution in [1.29, 1.82) is 0 Å². The van der Waals surface area contributed by atoms with E-state index in [2.05, 4.69) is 16.9 Å². The van der Waals surface area contributed by atoms with Crippen molar-refractivity contribution in [2.24, 2.45) is 0 Å². The molecule has 0 bridgehead atoms. The lowest BCUT2D eigenvalue weighted by atomic mass is 9.95. The van der Waals surface area contributed by atoms with Crippen molar-refractivity contribution in [2.45, 2.75) is 38.1 Å². The molecule has 0 atom stereocenters. The zero-order chi connectivity index (χ0) is 18.4. The van der Waals surface area contributed by atoms with Gasteiger partial charge >= 0.3 is 0 Å². The van der Waals surface area contributed by atoms with Gasteiger partial charge in [-0.05, 0) is 18.9 Å². The van der Waals surface area contributed by atoms with Crippen LogP contribution in [0.1, 0.15) is 32.1 Å². The quantitative estimate of drug-likeness (QED) is 0.788. The van der Waals surface area contributed by atoms with E-state index in [9.17, 15) is 9.59 Å². The molecule has 5 nitrogen and oxygen atoms in total. The van der Waals surface area contributed by atoms with Crippen molar-refractivity contribution in [3.63, 3.8) is 0 Å². The zero-order valence-electron chi connectivity index (χ0n) is 14.7. The van der Waals surface area contributed by atoms with Crippen molar-refractivity contribution in [3.8, 4) is 11.3 Å². The lowest BCUT2D eigenvalue weighted by Crippen LogP contribution is -2.44. The molecule has 26 heavy (non-hydrogen) atoms. The first kappa shape index (κ1) is 18.3. The number of carbonyl (C=O) groups excluding carboxylic acids is 2. The number of benzene rings is 1. The fraction of sp³-hybridized carbons (Fsp3) is 0.350. The molecule has 136 valence electrons. The summed E-state index contributed by atoms with van der Waals surface area (Å²) >= 11 is 1.35. The fourth-order valence-corrected chi connectivity index (χ4v) is 3.98. The molecule has 1 aromatic heterocycles. The number of nitrogens with one attached hydrogen (secondary N) is 1. The summed E-state index contributed by atoms with van der Waals surface area (Å²) in [5.74, 6) is -0.471. The molecule has 0 radical (unpaired) electrons. The Morgan fingerprint density at radius 1 is 1.23 bits per heavy atom. The van der Waals surface area contributed by atoms with E-state index in [1.54, 1.807) is 0 Å². The van der Waals surface area contributed by atoms with Gasteiger partial charge in [-0.3, -0.25) is 14.5 Å². The Hall–Kier alpha value is -2.47. The van der Waals surface area contributed by atoms with E-state index in [1.807, 2.05) is 35.7 Å². The number of anilines is 1. The largest absolute Gasteiger partial charge is 0.352 e. The number of hydrogen-bond donors (Lipinski definition) is 1. The molecule has 1 saturated carbocycles. The van der Waals surface area contributed by atoms with Gasteiger partial charge in [0.05, 0.1) is 5.69 Å². The van der Waals surface area contributed by atoms with Crippen molar-refractivity contribution in [1.82, 2.24) is 10.3 Å². The fourth-order valence-electron chi connectivity index (χ4n) is 3.14. The van der Waals surface area contributed by atoms with Crippen LogP contribution in [0, 0.1) is 0 Å². The maximum Gasteiger partial charge on any atom is 0.252 e. The first-order chi connectivity index (χ1) is 12.7. The second-order valence-corrected chi connectivity index (χ2v) is 7.25. The third kappa shape index (κ3) is 4.58. The summed E-state index contributed by atoms with van der Waals surface area (Å²) in [6.07, 6.45) is 6.76. The maximum atomic E-state index is 12.4. The average Bonchev–Trinajstić information content (AvgIpc) is 3.17. The Labute approximate surface area is 157 Å². The number of aromatic nitrogens is 1. The van der Waals surface area contributed by atoms with E-state index in [-0.39, 0.29) is 24.4 Å². The normalized spacial score (nSPS) is 14.6. The number of rotatable bonds is 6. The Balaban J connectivity index is 1.72. The third-order valence-corrected chi connectivity index (χ3v) is 5.37. The van der Waals surface area contributed by atoms with E-state index >= 15 is 0 Å². The van der Waals surface area contributed by atoms with Crippen molar-refractivity contribution in [2.75, 3.05) is 11.4 Å². The van der Waals surface area contributed by atoms with Gasteiger partial charge in [-0.25, -0.2) is 4.98 Å². The summed E-state index contributed by atoms with van der Waals surface area (Å²) in [4.78, 5) is 30.6. The van der Waals surface area contributed by atoms with Gasteiger partial charge in [0.15, 0.2) is 5.13 Å². The minimum Gasteiger partial charge on any atom is -0.352 e. The van der Waals surface area contributed by atoms with Crippen molar-refractivity contribution < 1.29 is 9.59 Å². The van der Waals surface area contributed by atoms with Crippen LogP contribution in [0.2, 0.25) is 0 Å². The highest BCUT2D eigenvalue weighted by atomic mass is 32.1. The minimum absolute atomic E-state index is 0.0386. The van der Waals surface area contributed by atoms with Gasteiger partial charge in [0.1, 0.15) is 6.54 Å². The SMILES string of the molecule is C=CC(=O)N(CC(=O)NC1CCCCC1)c1nc(-c2ccccc2)cs1. The summed E-state index contributed by atoms with van der Waals surface area (Å²) in [5, 5.41) is 5.45. The van der Waals surface area contributed by atoms with E-state index in [4.69, 9.17) is 0 Å². The van der Waals surface area contributed by atoms with Crippen LogP contribution in [0.15, 0.2) is 48.4 Å². The molecule has 0 aliphatic heterocycles. The van der Waals surface area contributed by atoms with Gasteiger partial charge in [0, 0.05) is 17.0 Å². The monoisotopic (exact) mass is 369 g/mol. The number of hydrogen-bond acceptors (Lipinski definition) is 4. The van der Waals surface area contributed by atoms with Crippen molar-refractivity contribution >= 4 is 28.3 Å². The molecule has 1 fully saturated rings. The molecular formula is C20H23N3O2S. The Bertz CT molecular complexity index is 766. The highest BCUT2D eigenvalue weighted by Gasteiger charge is 2.22. The molecule has 0 saturated heterocycles. The van der Waals surface area contributed by atoms with Gasteiger partial charge < -0.3 is 5.32 Å². The topological polar surface area (TPSA) is 62.3 Å². The molecule has 1 heterocycles. The second kappa shape index (κ2) is 8.76. The molecule has 2 aromatic rings. The van der Waals surface area contributed by atoms with Gasteiger partial charge in [0.25, 0.3) is 5.91 Å². The maximum absolute atomic E-state index is 12.4. The molecule has 0 unspecified atom stereocenters. The minimum atomic E-state index is -0.322. The molecule has 3 rings (SSSR count). The number of carbonyl (C=O) groups is 2. The van der Waals surface area contributed by atoms with Gasteiger partial charge in [-0.2, -0.15) is 0 Å². The number of amides is 2. The Morgan fingerprint density at radius 3 is 2.65 bits per heavy atom. The van der Waals surface area contributed by atoms with E-state index < -0.39 is 0 Å². The smallest absolute Gasteiger partial charge is 0.252 e. The first-order valence-corrected chi connectivity index (χ1v) is 9.79. The number of thiazole rings is 1. The Morgan fingerprint density at radius 2 is 1.96 bits per heavy atom. The van der Waals surface area contributed by atoms with E-state index in [1.165, 1.54) is 28.7 Å². The average molecular weight is 369 g/mol. The molecule has 2 amide bonds. The van der Waals surface area contributed by atoms with E-state index in [0.717, 1.165) is 36.9 Å². The van der Waals surface area contributed by atoms with Crippen LogP contribution >= 0.6 is 11.3 Å². The summed E-state index contributed by atoms with van der Waals surface area (Å²) in [5.41, 5.74) is 1.77. The molecule has 1 N–H and O–H groups in total. The van der Waals surface area contributed by atoms with Crippen LogP contribution in [0.4, 0.5) is 5.13 Å². The van der Waals surface area contributed by atoms with Crippen LogP contribution in [0.5, 0.6) is 0 Å². The van der Waals surface area contributed by atoms with Gasteiger partial charge in [-0.1, -0.05) is 56.2 Å². The summed E-state index contributed by atoms with van der Waals surface area (Å²) in [7, 11) is 0. The molecule has 1 aliphatic carbocycles. The highest BCUT2D eigenvalue weighted by Crippen LogP contribution is 2.27. The molecular weight excluding hydrogens is 346 g/mol. The van der Waals surface area contributed by atoms with Crippen LogP contribution in [0.3, 0.4) is 0 Å². The molecule has 1 aliphatic rings. The van der Waals surface area contributed by atoms with Gasteiger partial charge in [-0.15, -0.1) is 11.3 Å². The lowest BCUT2D eigenvalue weighted by Gasteiger charge is -2.24. The Kier molecular flexibility index (Phi) is 6.17. The zero-order valence-corrected chi connectivity index (χ0v) is 15.5. The molecule has 0 spiro atoms. The van der Waals surface area contributed by atoms with Gasteiger partial charge in [0.2, 0.25) is 5.91 Å². The van der Waals surface area contributed by atoms with Crippen LogP contribution in [-0.2, 0) is 9.59 Å². The first-order valence-electron chi connectivity index (χ1n) is 8.91. The predicted molar refractivity (Wildman–Crippen MR) is 105 cm³/mol. The lowest BCUT2D eigenvalue weighted by molar-refractivity contribution is -0.123.